The predicted octanol–water partition coefficient (Wildman–Crippen LogP) is 7.07. The van der Waals surface area contributed by atoms with Gasteiger partial charge in [0.1, 0.15) is 24.1 Å². The highest BCUT2D eigenvalue weighted by atomic mass is 35.5. The van der Waals surface area contributed by atoms with Crippen LogP contribution in [0.2, 0.25) is 10.0 Å². The summed E-state index contributed by atoms with van der Waals surface area (Å²) in [5, 5.41) is 6.94. The summed E-state index contributed by atoms with van der Waals surface area (Å²) in [6.07, 6.45) is 5.70. The Balaban J connectivity index is 1.16. The van der Waals surface area contributed by atoms with Crippen LogP contribution in [0.4, 0.5) is 11.4 Å². The molecule has 3 amide bonds. The van der Waals surface area contributed by atoms with Gasteiger partial charge in [-0.1, -0.05) is 53.5 Å². The minimum Gasteiger partial charge on any atom is -0.487 e. The Morgan fingerprint density at radius 3 is 2.56 bits per heavy atom. The van der Waals surface area contributed by atoms with E-state index in [2.05, 4.69) is 15.6 Å². The lowest BCUT2D eigenvalue weighted by atomic mass is 10.1. The summed E-state index contributed by atoms with van der Waals surface area (Å²) < 4.78 is 11.0. The highest BCUT2D eigenvalue weighted by Crippen LogP contribution is 2.35. The number of nitrogens with zero attached hydrogens (tertiary/aromatic N) is 2. The topological polar surface area (TPSA) is 114 Å². The van der Waals surface area contributed by atoms with Gasteiger partial charge in [-0.2, -0.15) is 0 Å². The highest BCUT2D eigenvalue weighted by Gasteiger charge is 2.19. The summed E-state index contributed by atoms with van der Waals surface area (Å²) in [7, 11) is 1.56. The van der Waals surface area contributed by atoms with Crippen molar-refractivity contribution in [2.75, 3.05) is 23.8 Å². The second kappa shape index (κ2) is 14.1. The van der Waals surface area contributed by atoms with E-state index in [-0.39, 0.29) is 30.0 Å². The molecule has 0 fully saturated rings. The number of hydrogen-bond acceptors (Lipinski definition) is 6. The molecule has 2 aromatic heterocycles. The number of halogens is 2. The largest absolute Gasteiger partial charge is 0.487 e. The third kappa shape index (κ3) is 7.70. The molecule has 0 spiro atoms. The molecule has 0 aliphatic rings. The molecular formula is C34H28Cl2N4O5. The van der Waals surface area contributed by atoms with Crippen LogP contribution >= 0.6 is 23.2 Å². The molecule has 0 aliphatic carbocycles. The van der Waals surface area contributed by atoms with Gasteiger partial charge >= 0.3 is 0 Å². The number of nitrogens with one attached hydrogen (secondary N) is 2. The molecule has 5 aromatic rings. The summed E-state index contributed by atoms with van der Waals surface area (Å²) >= 11 is 13.2. The fourth-order valence-electron chi connectivity index (χ4n) is 4.38. The predicted molar refractivity (Wildman–Crippen MR) is 176 cm³/mol. The molecule has 3 aromatic carbocycles. The van der Waals surface area contributed by atoms with E-state index in [0.29, 0.717) is 33.3 Å². The Hall–Kier alpha value is -5.12. The number of aromatic nitrogens is 1. The summed E-state index contributed by atoms with van der Waals surface area (Å²) in [5.74, 6) is -0.551. The van der Waals surface area contributed by atoms with E-state index in [1.807, 2.05) is 37.3 Å². The first-order chi connectivity index (χ1) is 21.7. The number of ether oxygens (including phenoxy) is 1. The number of rotatable bonds is 10. The van der Waals surface area contributed by atoms with Gasteiger partial charge in [0, 0.05) is 40.5 Å². The maximum Gasteiger partial charge on any atom is 0.258 e. The normalized spacial score (nSPS) is 11.0. The number of furan rings is 1. The Kier molecular flexibility index (Phi) is 9.82. The summed E-state index contributed by atoms with van der Waals surface area (Å²) in [6.45, 7) is 1.71. The van der Waals surface area contributed by atoms with Gasteiger partial charge in [0.05, 0.1) is 29.1 Å². The second-order valence-electron chi connectivity index (χ2n) is 10.0. The van der Waals surface area contributed by atoms with Crippen LogP contribution in [0.25, 0.3) is 17.0 Å². The number of pyridine rings is 1. The van der Waals surface area contributed by atoms with Crippen LogP contribution in [0, 0.1) is 6.92 Å². The molecule has 0 radical (unpaired) electrons. The van der Waals surface area contributed by atoms with Crippen molar-refractivity contribution in [3.63, 3.8) is 0 Å². The van der Waals surface area contributed by atoms with Crippen molar-refractivity contribution in [3.8, 4) is 5.75 Å². The standard InChI is InChI=1S/C34H28Cl2N4O5/c1-21-6-10-23-4-3-5-29(33(23)38-21)45-20-26-27(35)13-14-28(32(26)36)40(2)31(42)18-37-30(41)15-9-22-7-11-25(12-8-22)39-34(43)24-16-17-44-19-24/h3-17,19H,18,20H2,1-2H3,(H,37,41)(H,39,43). The number of aryl methyl sites for hydroxylation is 1. The highest BCUT2D eigenvalue weighted by molar-refractivity contribution is 6.38. The number of fused-ring (bicyclic) bond motifs is 1. The van der Waals surface area contributed by atoms with E-state index in [1.54, 1.807) is 55.6 Å². The van der Waals surface area contributed by atoms with Gasteiger partial charge in [-0.25, -0.2) is 4.98 Å². The van der Waals surface area contributed by atoms with E-state index < -0.39 is 5.91 Å². The summed E-state index contributed by atoms with van der Waals surface area (Å²) in [6, 6.07) is 21.3. The van der Waals surface area contributed by atoms with Crippen LogP contribution in [0.15, 0.2) is 95.8 Å². The number of likely N-dealkylation sites (N-methyl/N-ethyl adjacent to an activating group) is 1. The number of anilines is 2. The molecule has 0 aliphatic heterocycles. The molecule has 0 bridgehead atoms. The number of benzene rings is 3. The van der Waals surface area contributed by atoms with E-state index in [0.717, 1.165) is 22.2 Å². The number of hydrogen-bond donors (Lipinski definition) is 2. The average Bonchev–Trinajstić information content (AvgIpc) is 3.59. The van der Waals surface area contributed by atoms with Crippen LogP contribution < -0.4 is 20.3 Å². The van der Waals surface area contributed by atoms with Gasteiger partial charge in [0.2, 0.25) is 11.8 Å². The number of carbonyl (C=O) groups is 3. The van der Waals surface area contributed by atoms with Crippen molar-refractivity contribution in [2.45, 2.75) is 13.5 Å². The second-order valence-corrected chi connectivity index (χ2v) is 10.8. The molecule has 228 valence electrons. The van der Waals surface area contributed by atoms with Crippen molar-refractivity contribution < 1.29 is 23.5 Å². The molecule has 0 saturated carbocycles. The molecule has 9 nitrogen and oxygen atoms in total. The quantitative estimate of drug-likeness (QED) is 0.158. The van der Waals surface area contributed by atoms with Crippen LogP contribution in [0.3, 0.4) is 0 Å². The van der Waals surface area contributed by atoms with Gasteiger partial charge in [-0.3, -0.25) is 14.4 Å². The van der Waals surface area contributed by atoms with E-state index >= 15 is 0 Å². The number of carbonyl (C=O) groups excluding carboxylic acids is 3. The molecule has 0 unspecified atom stereocenters. The minimum atomic E-state index is -0.454. The Morgan fingerprint density at radius 1 is 1.00 bits per heavy atom. The van der Waals surface area contributed by atoms with Crippen molar-refractivity contribution in [3.05, 3.63) is 124 Å². The maximum absolute atomic E-state index is 13.0. The van der Waals surface area contributed by atoms with Crippen LogP contribution in [-0.2, 0) is 16.2 Å². The minimum absolute atomic E-state index is 0.0571. The molecule has 11 heteroatoms. The molecule has 2 N–H and O–H groups in total. The van der Waals surface area contributed by atoms with Gasteiger partial charge in [0.25, 0.3) is 5.91 Å². The lowest BCUT2D eigenvalue weighted by Gasteiger charge is -2.21. The average molecular weight is 644 g/mol. The Morgan fingerprint density at radius 2 is 1.80 bits per heavy atom. The SMILES string of the molecule is Cc1ccc2cccc(OCc3c(Cl)ccc(N(C)C(=O)CNC(=O)C=Cc4ccc(NC(=O)c5ccoc5)cc4)c3Cl)c2n1. The van der Waals surface area contributed by atoms with Crippen molar-refractivity contribution in [1.29, 1.82) is 0 Å². The molecule has 5 rings (SSSR count). The van der Waals surface area contributed by atoms with Crippen LogP contribution in [-0.4, -0.2) is 36.3 Å². The lowest BCUT2D eigenvalue weighted by molar-refractivity contribution is -0.122. The van der Waals surface area contributed by atoms with Gasteiger partial charge < -0.3 is 24.7 Å². The first-order valence-electron chi connectivity index (χ1n) is 13.8. The maximum atomic E-state index is 13.0. The zero-order valence-electron chi connectivity index (χ0n) is 24.3. The van der Waals surface area contributed by atoms with Gasteiger partial charge in [0.15, 0.2) is 0 Å². The lowest BCUT2D eigenvalue weighted by Crippen LogP contribution is -2.37. The first kappa shape index (κ1) is 31.3. The molecule has 0 atom stereocenters. The Bertz CT molecular complexity index is 1890. The zero-order chi connectivity index (χ0) is 31.9. The molecular weight excluding hydrogens is 615 g/mol. The zero-order valence-corrected chi connectivity index (χ0v) is 25.9. The fraction of sp³-hybridized carbons (Fsp3) is 0.118. The summed E-state index contributed by atoms with van der Waals surface area (Å²) in [4.78, 5) is 43.5. The fourth-order valence-corrected chi connectivity index (χ4v) is 4.99. The Labute approximate surface area is 269 Å². The third-order valence-electron chi connectivity index (χ3n) is 6.89. The van der Waals surface area contributed by atoms with E-state index in [9.17, 15) is 14.4 Å². The van der Waals surface area contributed by atoms with Crippen molar-refractivity contribution >= 4 is 69.3 Å². The smallest absolute Gasteiger partial charge is 0.258 e. The van der Waals surface area contributed by atoms with E-state index in [4.69, 9.17) is 32.4 Å². The molecule has 2 heterocycles. The number of amides is 3. The first-order valence-corrected chi connectivity index (χ1v) is 14.6. The molecule has 45 heavy (non-hydrogen) atoms. The van der Waals surface area contributed by atoms with Crippen LogP contribution in [0.1, 0.15) is 27.2 Å². The van der Waals surface area contributed by atoms with Gasteiger partial charge in [-0.15, -0.1) is 0 Å². The van der Waals surface area contributed by atoms with E-state index in [1.165, 1.54) is 23.5 Å². The third-order valence-corrected chi connectivity index (χ3v) is 7.66. The van der Waals surface area contributed by atoms with Crippen molar-refractivity contribution in [1.82, 2.24) is 10.3 Å². The van der Waals surface area contributed by atoms with Crippen molar-refractivity contribution in [2.24, 2.45) is 0 Å². The number of para-hydroxylation sites is 1. The summed E-state index contributed by atoms with van der Waals surface area (Å²) in [5.41, 5.74) is 4.25. The van der Waals surface area contributed by atoms with Gasteiger partial charge in [-0.05, 0) is 61.0 Å². The monoisotopic (exact) mass is 642 g/mol. The molecule has 0 saturated heterocycles. The van der Waals surface area contributed by atoms with Crippen LogP contribution in [0.5, 0.6) is 5.75 Å².